The summed E-state index contributed by atoms with van der Waals surface area (Å²) in [4.78, 5) is 0. The molecule has 4 heteroatoms. The molecule has 1 saturated carbocycles. The Bertz CT molecular complexity index is 187. The summed E-state index contributed by atoms with van der Waals surface area (Å²) >= 11 is 1.44. The van der Waals surface area contributed by atoms with Crippen LogP contribution in [0.25, 0.3) is 0 Å². The highest BCUT2D eigenvalue weighted by molar-refractivity contribution is 7.94. The minimum atomic E-state index is 0.671. The average molecular weight is 276 g/mol. The molecule has 2 rings (SSSR count). The van der Waals surface area contributed by atoms with Crippen molar-refractivity contribution >= 4 is 12.1 Å². The smallest absolute Gasteiger partial charge is 0.0227 e. The highest BCUT2D eigenvalue weighted by Crippen LogP contribution is 2.47. The standard InChI is InChI=1S/C10H21N3S.2C2H6/c1-2-3-4-13(14-11)9-5-10(6-9)7-12-8-10;2*1-2/h9,12H,2-8,11H2,1H3;2*1-2H3. The van der Waals surface area contributed by atoms with Gasteiger partial charge in [-0.05, 0) is 24.7 Å². The van der Waals surface area contributed by atoms with Gasteiger partial charge in [0.15, 0.2) is 0 Å². The van der Waals surface area contributed by atoms with Gasteiger partial charge in [0.25, 0.3) is 0 Å². The van der Waals surface area contributed by atoms with Crippen LogP contribution in [0.4, 0.5) is 0 Å². The van der Waals surface area contributed by atoms with Crippen LogP contribution in [0, 0.1) is 5.41 Å². The third-order valence-corrected chi connectivity index (χ3v) is 4.36. The van der Waals surface area contributed by atoms with Crippen LogP contribution in [-0.2, 0) is 0 Å². The largest absolute Gasteiger partial charge is 0.316 e. The number of unbranched alkanes of at least 4 members (excludes halogenated alkanes) is 1. The summed E-state index contributed by atoms with van der Waals surface area (Å²) in [5.74, 6) is 0. The normalized spacial score (nSPS) is 20.2. The molecule has 0 aromatic rings. The summed E-state index contributed by atoms with van der Waals surface area (Å²) in [6, 6.07) is 0.749. The topological polar surface area (TPSA) is 41.3 Å². The second-order valence-corrected chi connectivity index (χ2v) is 5.45. The van der Waals surface area contributed by atoms with Crippen LogP contribution in [0.15, 0.2) is 0 Å². The van der Waals surface area contributed by atoms with Crippen LogP contribution in [0.1, 0.15) is 60.3 Å². The van der Waals surface area contributed by atoms with Crippen molar-refractivity contribution in [3.8, 4) is 0 Å². The van der Waals surface area contributed by atoms with Crippen molar-refractivity contribution in [2.75, 3.05) is 19.6 Å². The molecule has 18 heavy (non-hydrogen) atoms. The maximum Gasteiger partial charge on any atom is 0.0227 e. The number of rotatable bonds is 5. The van der Waals surface area contributed by atoms with Gasteiger partial charge in [-0.3, -0.25) is 5.14 Å². The van der Waals surface area contributed by atoms with Gasteiger partial charge in [-0.25, -0.2) is 4.31 Å². The Labute approximate surface area is 119 Å². The lowest BCUT2D eigenvalue weighted by Gasteiger charge is -2.56. The van der Waals surface area contributed by atoms with E-state index in [0.717, 1.165) is 12.6 Å². The molecular formula is C14H33N3S. The predicted molar refractivity (Wildman–Crippen MR) is 84.4 cm³/mol. The molecular weight excluding hydrogens is 242 g/mol. The van der Waals surface area contributed by atoms with E-state index in [4.69, 9.17) is 5.14 Å². The van der Waals surface area contributed by atoms with Crippen molar-refractivity contribution in [3.63, 3.8) is 0 Å². The molecule has 1 saturated heterocycles. The lowest BCUT2D eigenvalue weighted by molar-refractivity contribution is -0.00371. The van der Waals surface area contributed by atoms with Gasteiger partial charge in [0, 0.05) is 37.8 Å². The highest BCUT2D eigenvalue weighted by Gasteiger charge is 2.50. The predicted octanol–water partition coefficient (Wildman–Crippen LogP) is 3.41. The molecule has 110 valence electrons. The van der Waals surface area contributed by atoms with E-state index in [-0.39, 0.29) is 0 Å². The molecule has 1 aliphatic heterocycles. The van der Waals surface area contributed by atoms with Crippen molar-refractivity contribution in [2.24, 2.45) is 10.6 Å². The second kappa shape index (κ2) is 10.1. The number of hydrogen-bond acceptors (Lipinski definition) is 4. The minimum absolute atomic E-state index is 0.671. The molecule has 1 aliphatic carbocycles. The molecule has 1 heterocycles. The molecule has 0 aromatic heterocycles. The molecule has 0 amide bonds. The van der Waals surface area contributed by atoms with E-state index in [0.29, 0.717) is 5.41 Å². The molecule has 0 radical (unpaired) electrons. The lowest BCUT2D eigenvalue weighted by atomic mass is 9.61. The van der Waals surface area contributed by atoms with Gasteiger partial charge in [-0.2, -0.15) is 0 Å². The Balaban J connectivity index is 0.000000659. The monoisotopic (exact) mass is 275 g/mol. The molecule has 2 aliphatic rings. The Morgan fingerprint density at radius 2 is 1.78 bits per heavy atom. The van der Waals surface area contributed by atoms with E-state index < -0.39 is 0 Å². The Hall–Kier alpha value is 0.230. The van der Waals surface area contributed by atoms with E-state index in [1.54, 1.807) is 0 Å². The van der Waals surface area contributed by atoms with E-state index in [1.165, 1.54) is 50.9 Å². The maximum atomic E-state index is 5.70. The Morgan fingerprint density at radius 3 is 2.11 bits per heavy atom. The third kappa shape index (κ3) is 4.72. The van der Waals surface area contributed by atoms with Crippen LogP contribution in [0.5, 0.6) is 0 Å². The number of hydrogen-bond donors (Lipinski definition) is 2. The number of nitrogens with two attached hydrogens (primary N) is 1. The van der Waals surface area contributed by atoms with E-state index in [1.807, 2.05) is 27.7 Å². The Morgan fingerprint density at radius 1 is 1.22 bits per heavy atom. The summed E-state index contributed by atoms with van der Waals surface area (Å²) in [6.45, 7) is 13.9. The quantitative estimate of drug-likeness (QED) is 0.755. The van der Waals surface area contributed by atoms with Crippen molar-refractivity contribution in [1.29, 1.82) is 0 Å². The fourth-order valence-electron chi connectivity index (χ4n) is 2.55. The maximum absolute atomic E-state index is 5.70. The first-order valence-corrected chi connectivity index (χ1v) is 8.47. The van der Waals surface area contributed by atoms with Gasteiger partial charge >= 0.3 is 0 Å². The highest BCUT2D eigenvalue weighted by atomic mass is 32.2. The zero-order valence-electron chi connectivity index (χ0n) is 13.0. The first-order valence-electron chi connectivity index (χ1n) is 7.64. The van der Waals surface area contributed by atoms with E-state index in [2.05, 4.69) is 16.5 Å². The summed E-state index contributed by atoms with van der Waals surface area (Å²) in [7, 11) is 0. The zero-order valence-corrected chi connectivity index (χ0v) is 13.8. The van der Waals surface area contributed by atoms with Crippen LogP contribution in [-0.4, -0.2) is 30.0 Å². The van der Waals surface area contributed by atoms with Gasteiger partial charge < -0.3 is 5.32 Å². The van der Waals surface area contributed by atoms with Gasteiger partial charge in [0.05, 0.1) is 0 Å². The van der Waals surface area contributed by atoms with Gasteiger partial charge in [0.1, 0.15) is 0 Å². The van der Waals surface area contributed by atoms with Crippen molar-refractivity contribution in [3.05, 3.63) is 0 Å². The van der Waals surface area contributed by atoms with Crippen molar-refractivity contribution in [1.82, 2.24) is 9.62 Å². The minimum Gasteiger partial charge on any atom is -0.316 e. The molecule has 0 aromatic carbocycles. The second-order valence-electron chi connectivity index (χ2n) is 4.77. The summed E-state index contributed by atoms with van der Waals surface area (Å²) in [5.41, 5.74) is 0.671. The molecule has 0 unspecified atom stereocenters. The lowest BCUT2D eigenvalue weighted by Crippen LogP contribution is -2.64. The molecule has 0 bridgehead atoms. The van der Waals surface area contributed by atoms with Crippen LogP contribution < -0.4 is 10.5 Å². The zero-order chi connectivity index (χ0) is 14.0. The number of nitrogens with zero attached hydrogens (tertiary/aromatic N) is 1. The molecule has 0 atom stereocenters. The fourth-order valence-corrected chi connectivity index (χ4v) is 3.10. The fraction of sp³-hybridized carbons (Fsp3) is 1.00. The van der Waals surface area contributed by atoms with E-state index >= 15 is 0 Å². The first kappa shape index (κ1) is 18.2. The first-order chi connectivity index (χ1) is 8.79. The van der Waals surface area contributed by atoms with Crippen LogP contribution in [0.3, 0.4) is 0 Å². The van der Waals surface area contributed by atoms with Gasteiger partial charge in [0.2, 0.25) is 0 Å². The Kier molecular flexibility index (Phi) is 10.2. The number of nitrogens with one attached hydrogen (secondary N) is 1. The molecule has 3 nitrogen and oxygen atoms in total. The molecule has 3 N–H and O–H groups in total. The molecule has 2 fully saturated rings. The summed E-state index contributed by atoms with van der Waals surface area (Å²) in [6.07, 6.45) is 5.24. The third-order valence-electron chi connectivity index (χ3n) is 3.61. The summed E-state index contributed by atoms with van der Waals surface area (Å²) < 4.78 is 2.38. The van der Waals surface area contributed by atoms with Crippen LogP contribution >= 0.6 is 12.1 Å². The SMILES string of the molecule is CC.CC.CCCCN(SN)C1CC2(CNC2)C1. The van der Waals surface area contributed by atoms with Crippen molar-refractivity contribution in [2.45, 2.75) is 66.3 Å². The van der Waals surface area contributed by atoms with Crippen LogP contribution in [0.2, 0.25) is 0 Å². The summed E-state index contributed by atoms with van der Waals surface area (Å²) in [5, 5.41) is 9.07. The van der Waals surface area contributed by atoms with Gasteiger partial charge in [-0.1, -0.05) is 41.0 Å². The molecule has 1 spiro atoms. The van der Waals surface area contributed by atoms with E-state index in [9.17, 15) is 0 Å². The van der Waals surface area contributed by atoms with Gasteiger partial charge in [-0.15, -0.1) is 0 Å². The van der Waals surface area contributed by atoms with Crippen molar-refractivity contribution < 1.29 is 0 Å². The average Bonchev–Trinajstić information content (AvgIpc) is 2.34.